The van der Waals surface area contributed by atoms with Crippen molar-refractivity contribution < 1.29 is 28.7 Å². The first-order chi connectivity index (χ1) is 19.5. The standard InChI is InChI=1S/C32H34N2O6/c1-2-12-26(21-28(35)34-20-11-17-27(34)30(36)33-18-9-10-19-33)29(31(37)39-22-24-13-5-3-6-14-24)32(38)40-23-25-15-7-4-8-16-25/h2-8,11-17,20,26,29H,9-10,18-19,21-23H2,1H3/b12-2+/t26-/m1/s1. The molecular weight excluding hydrogens is 508 g/mol. The Labute approximate surface area is 234 Å². The maximum atomic E-state index is 13.5. The van der Waals surface area contributed by atoms with Crippen LogP contribution in [0.1, 0.15) is 52.6 Å². The van der Waals surface area contributed by atoms with E-state index in [1.165, 1.54) is 10.8 Å². The molecule has 8 heteroatoms. The van der Waals surface area contributed by atoms with Crippen LogP contribution in [0, 0.1) is 11.8 Å². The van der Waals surface area contributed by atoms with Crippen LogP contribution in [-0.2, 0) is 32.3 Å². The molecule has 4 rings (SSSR count). The zero-order chi connectivity index (χ0) is 28.3. The van der Waals surface area contributed by atoms with E-state index in [1.807, 2.05) is 60.7 Å². The molecule has 0 unspecified atom stereocenters. The van der Waals surface area contributed by atoms with Crippen LogP contribution in [-0.4, -0.2) is 46.3 Å². The van der Waals surface area contributed by atoms with Gasteiger partial charge in [0.1, 0.15) is 18.9 Å². The van der Waals surface area contributed by atoms with Crippen LogP contribution in [0.25, 0.3) is 0 Å². The summed E-state index contributed by atoms with van der Waals surface area (Å²) in [7, 11) is 0. The maximum Gasteiger partial charge on any atom is 0.321 e. The zero-order valence-corrected chi connectivity index (χ0v) is 22.6. The lowest BCUT2D eigenvalue weighted by molar-refractivity contribution is -0.165. The average molecular weight is 543 g/mol. The van der Waals surface area contributed by atoms with Crippen LogP contribution in [0.5, 0.6) is 0 Å². The largest absolute Gasteiger partial charge is 0.460 e. The van der Waals surface area contributed by atoms with Gasteiger partial charge < -0.3 is 14.4 Å². The number of likely N-dealkylation sites (tertiary alicyclic amines) is 1. The van der Waals surface area contributed by atoms with E-state index in [0.29, 0.717) is 13.1 Å². The minimum absolute atomic E-state index is 0.0231. The van der Waals surface area contributed by atoms with Crippen molar-refractivity contribution in [1.29, 1.82) is 0 Å². The number of hydrogen-bond donors (Lipinski definition) is 0. The summed E-state index contributed by atoms with van der Waals surface area (Å²) < 4.78 is 12.4. The normalized spacial score (nSPS) is 13.9. The minimum Gasteiger partial charge on any atom is -0.460 e. The highest BCUT2D eigenvalue weighted by Gasteiger charge is 2.38. The van der Waals surface area contributed by atoms with E-state index in [4.69, 9.17) is 9.47 Å². The van der Waals surface area contributed by atoms with Crippen molar-refractivity contribution in [1.82, 2.24) is 9.47 Å². The molecule has 2 heterocycles. The number of carbonyl (C=O) groups excluding carboxylic acids is 4. The molecule has 0 N–H and O–H groups in total. The highest BCUT2D eigenvalue weighted by atomic mass is 16.6. The zero-order valence-electron chi connectivity index (χ0n) is 22.6. The van der Waals surface area contributed by atoms with Gasteiger partial charge in [-0.05, 0) is 43.0 Å². The van der Waals surface area contributed by atoms with Gasteiger partial charge in [-0.15, -0.1) is 0 Å². The number of esters is 2. The highest BCUT2D eigenvalue weighted by molar-refractivity contribution is 5.99. The van der Waals surface area contributed by atoms with Crippen LogP contribution < -0.4 is 0 Å². The summed E-state index contributed by atoms with van der Waals surface area (Å²) in [6.45, 7) is 3.01. The molecule has 2 aromatic carbocycles. The summed E-state index contributed by atoms with van der Waals surface area (Å²) in [4.78, 5) is 55.0. The van der Waals surface area contributed by atoms with Crippen LogP contribution in [0.3, 0.4) is 0 Å². The molecule has 0 spiro atoms. The van der Waals surface area contributed by atoms with Crippen molar-refractivity contribution in [3.8, 4) is 0 Å². The molecule has 0 aliphatic carbocycles. The number of hydrogen-bond acceptors (Lipinski definition) is 6. The van der Waals surface area contributed by atoms with Gasteiger partial charge in [0.2, 0.25) is 5.91 Å². The van der Waals surface area contributed by atoms with Crippen molar-refractivity contribution >= 4 is 23.8 Å². The quantitative estimate of drug-likeness (QED) is 0.191. The Hall–Kier alpha value is -4.46. The predicted molar refractivity (Wildman–Crippen MR) is 149 cm³/mol. The van der Waals surface area contributed by atoms with Crippen molar-refractivity contribution in [2.45, 2.75) is 39.4 Å². The van der Waals surface area contributed by atoms with E-state index < -0.39 is 29.7 Å². The molecule has 0 bridgehead atoms. The van der Waals surface area contributed by atoms with Gasteiger partial charge >= 0.3 is 11.9 Å². The Balaban J connectivity index is 1.54. The first-order valence-corrected chi connectivity index (χ1v) is 13.5. The van der Waals surface area contributed by atoms with Crippen LogP contribution in [0.4, 0.5) is 0 Å². The minimum atomic E-state index is -1.37. The molecule has 208 valence electrons. The first-order valence-electron chi connectivity index (χ1n) is 13.5. The van der Waals surface area contributed by atoms with Gasteiger partial charge in [0.15, 0.2) is 5.92 Å². The molecule has 1 amide bonds. The van der Waals surface area contributed by atoms with Gasteiger partial charge in [0.25, 0.3) is 5.91 Å². The van der Waals surface area contributed by atoms with E-state index in [1.54, 1.807) is 36.1 Å². The molecule has 8 nitrogen and oxygen atoms in total. The molecular formula is C32H34N2O6. The fraction of sp³-hybridized carbons (Fsp3) is 0.312. The highest BCUT2D eigenvalue weighted by Crippen LogP contribution is 2.25. The number of aromatic nitrogens is 1. The number of rotatable bonds is 11. The third kappa shape index (κ3) is 7.34. The lowest BCUT2D eigenvalue weighted by Gasteiger charge is -2.23. The van der Waals surface area contributed by atoms with Gasteiger partial charge in [0, 0.05) is 31.6 Å². The molecule has 0 radical (unpaired) electrons. The molecule has 1 aromatic heterocycles. The summed E-state index contributed by atoms with van der Waals surface area (Å²) in [6, 6.07) is 21.5. The Morgan fingerprint density at radius 3 is 1.88 bits per heavy atom. The van der Waals surface area contributed by atoms with Crippen LogP contribution in [0.15, 0.2) is 91.1 Å². The third-order valence-electron chi connectivity index (χ3n) is 6.86. The van der Waals surface area contributed by atoms with Crippen LogP contribution >= 0.6 is 0 Å². The number of carbonyl (C=O) groups is 4. The van der Waals surface area contributed by atoms with Gasteiger partial charge in [-0.25, -0.2) is 0 Å². The maximum absolute atomic E-state index is 13.5. The predicted octanol–water partition coefficient (Wildman–Crippen LogP) is 5.05. The Morgan fingerprint density at radius 2 is 1.35 bits per heavy atom. The second-order valence-electron chi connectivity index (χ2n) is 9.71. The first kappa shape index (κ1) is 28.5. The number of benzene rings is 2. The molecule has 1 saturated heterocycles. The van der Waals surface area contributed by atoms with E-state index >= 15 is 0 Å². The SMILES string of the molecule is C/C=C/[C@H](CC(=O)n1cccc1C(=O)N1CCCC1)C(C(=O)OCc1ccccc1)C(=O)OCc1ccccc1. The molecule has 1 fully saturated rings. The molecule has 1 aliphatic rings. The van der Waals surface area contributed by atoms with Gasteiger partial charge in [-0.3, -0.25) is 23.7 Å². The van der Waals surface area contributed by atoms with Crippen molar-refractivity contribution in [2.24, 2.45) is 11.8 Å². The number of allylic oxidation sites excluding steroid dienone is 2. The monoisotopic (exact) mass is 542 g/mol. The van der Waals surface area contributed by atoms with Gasteiger partial charge in [-0.2, -0.15) is 0 Å². The van der Waals surface area contributed by atoms with E-state index in [0.717, 1.165) is 24.0 Å². The van der Waals surface area contributed by atoms with Gasteiger partial charge in [0.05, 0.1) is 0 Å². The summed E-state index contributed by atoms with van der Waals surface area (Å²) in [5.41, 5.74) is 1.80. The second kappa shape index (κ2) is 14.1. The molecule has 1 aliphatic heterocycles. The van der Waals surface area contributed by atoms with Gasteiger partial charge in [-0.1, -0.05) is 72.8 Å². The topological polar surface area (TPSA) is 94.9 Å². The van der Waals surface area contributed by atoms with Crippen LogP contribution in [0.2, 0.25) is 0 Å². The van der Waals surface area contributed by atoms with E-state index in [9.17, 15) is 19.2 Å². The molecule has 3 aromatic rings. The fourth-order valence-corrected chi connectivity index (χ4v) is 4.78. The fourth-order valence-electron chi connectivity index (χ4n) is 4.78. The number of nitrogens with zero attached hydrogens (tertiary/aromatic N) is 2. The second-order valence-corrected chi connectivity index (χ2v) is 9.71. The molecule has 0 saturated carbocycles. The smallest absolute Gasteiger partial charge is 0.321 e. The van der Waals surface area contributed by atoms with Crippen molar-refractivity contribution in [3.05, 3.63) is 108 Å². The van der Waals surface area contributed by atoms with E-state index in [2.05, 4.69) is 0 Å². The third-order valence-corrected chi connectivity index (χ3v) is 6.86. The van der Waals surface area contributed by atoms with Crippen molar-refractivity contribution in [3.63, 3.8) is 0 Å². The Kier molecular flexibility index (Phi) is 10.0. The lowest BCUT2D eigenvalue weighted by atomic mass is 9.88. The molecule has 1 atom stereocenters. The lowest BCUT2D eigenvalue weighted by Crippen LogP contribution is -2.36. The summed E-state index contributed by atoms with van der Waals surface area (Å²) in [5.74, 6) is -4.40. The van der Waals surface area contributed by atoms with E-state index in [-0.39, 0.29) is 31.2 Å². The number of ether oxygens (including phenoxy) is 2. The average Bonchev–Trinajstić information content (AvgIpc) is 3.69. The van der Waals surface area contributed by atoms with Crippen molar-refractivity contribution in [2.75, 3.05) is 13.1 Å². The summed E-state index contributed by atoms with van der Waals surface area (Å²) >= 11 is 0. The molecule has 40 heavy (non-hydrogen) atoms. The summed E-state index contributed by atoms with van der Waals surface area (Å²) in [5, 5.41) is 0. The Bertz CT molecular complexity index is 1270. The number of amides is 1. The Morgan fingerprint density at radius 1 is 0.800 bits per heavy atom. The summed E-state index contributed by atoms with van der Waals surface area (Å²) in [6.07, 6.45) is 6.52.